The highest BCUT2D eigenvalue weighted by Gasteiger charge is 2.26. The first kappa shape index (κ1) is 19.5. The maximum atomic E-state index is 10.9. The van der Waals surface area contributed by atoms with Gasteiger partial charge >= 0.3 is 0 Å². The average molecular weight is 441 g/mol. The number of pyridine rings is 1. The second-order valence-electron chi connectivity index (χ2n) is 7.04. The number of nitro benzene ring substituents is 1. The van der Waals surface area contributed by atoms with Crippen LogP contribution in [0.1, 0.15) is 26.3 Å². The van der Waals surface area contributed by atoms with Gasteiger partial charge in [-0.05, 0) is 61.0 Å². The predicted octanol–water partition coefficient (Wildman–Crippen LogP) is 4.99. The van der Waals surface area contributed by atoms with E-state index in [1.807, 2.05) is 26.8 Å². The van der Waals surface area contributed by atoms with E-state index in [9.17, 15) is 15.4 Å². The summed E-state index contributed by atoms with van der Waals surface area (Å²) in [7, 11) is 0. The molecule has 2 heterocycles. The summed E-state index contributed by atoms with van der Waals surface area (Å²) >= 11 is 3.34. The van der Waals surface area contributed by atoms with Crippen molar-refractivity contribution >= 4 is 33.3 Å². The molecule has 0 fully saturated rings. The van der Waals surface area contributed by atoms with Gasteiger partial charge in [0, 0.05) is 17.7 Å². The highest BCUT2D eigenvalue weighted by atomic mass is 79.9. The number of aromatic nitrogens is 3. The molecule has 142 valence electrons. The second kappa shape index (κ2) is 7.40. The minimum Gasteiger partial charge on any atom is -0.324 e. The molecule has 0 unspecified atom stereocenters. The fourth-order valence-corrected chi connectivity index (χ4v) is 3.01. The predicted molar refractivity (Wildman–Crippen MR) is 109 cm³/mol. The van der Waals surface area contributed by atoms with Crippen LogP contribution >= 0.6 is 15.9 Å². The summed E-state index contributed by atoms with van der Waals surface area (Å²) < 4.78 is 2.39. The van der Waals surface area contributed by atoms with Crippen LogP contribution < -0.4 is 5.32 Å². The molecule has 8 nitrogen and oxygen atoms in total. The van der Waals surface area contributed by atoms with Crippen LogP contribution in [0.2, 0.25) is 0 Å². The van der Waals surface area contributed by atoms with Crippen LogP contribution in [0.5, 0.6) is 0 Å². The van der Waals surface area contributed by atoms with Crippen LogP contribution in [-0.2, 0) is 5.54 Å². The number of halogens is 1. The Balaban J connectivity index is 2.15. The molecule has 9 heteroatoms. The number of non-ortho nitro benzene ring substituents is 1. The maximum absolute atomic E-state index is 10.9. The lowest BCUT2D eigenvalue weighted by molar-refractivity contribution is -0.384. The molecule has 1 N–H and O–H groups in total. The summed E-state index contributed by atoms with van der Waals surface area (Å²) in [5.41, 5.74) is 0.971. The van der Waals surface area contributed by atoms with Gasteiger partial charge in [0.1, 0.15) is 33.6 Å². The summed E-state index contributed by atoms with van der Waals surface area (Å²) in [5, 5.41) is 28.6. The summed E-state index contributed by atoms with van der Waals surface area (Å²) in [6.07, 6.45) is 0. The lowest BCUT2D eigenvalue weighted by atomic mass is 10.1. The molecule has 1 aromatic carbocycles. The van der Waals surface area contributed by atoms with Gasteiger partial charge in [-0.25, -0.2) is 9.67 Å². The zero-order valence-electron chi connectivity index (χ0n) is 15.5. The Hall–Kier alpha value is -3.25. The molecular formula is C19H17BrN6O2. The zero-order valence-corrected chi connectivity index (χ0v) is 17.1. The molecule has 28 heavy (non-hydrogen) atoms. The molecule has 0 aliphatic rings. The van der Waals surface area contributed by atoms with Gasteiger partial charge in [-0.1, -0.05) is 6.07 Å². The minimum atomic E-state index is -0.464. The standard InChI is InChI=1S/C19H17BrN6O2/c1-19(2,3)25-18(23-16-6-4-5-15(20)22-16)14(11-21)17(24-25)12-7-9-13(10-8-12)26(27)28/h4-10H,1-3H3,(H,22,23). The number of rotatable bonds is 4. The first-order valence-corrected chi connectivity index (χ1v) is 9.18. The van der Waals surface area contributed by atoms with Crippen molar-refractivity contribution in [2.75, 3.05) is 5.32 Å². The largest absolute Gasteiger partial charge is 0.324 e. The smallest absolute Gasteiger partial charge is 0.269 e. The van der Waals surface area contributed by atoms with Crippen molar-refractivity contribution in [1.29, 1.82) is 5.26 Å². The van der Waals surface area contributed by atoms with E-state index in [1.165, 1.54) is 12.1 Å². The van der Waals surface area contributed by atoms with Gasteiger partial charge in [0.05, 0.1) is 10.5 Å². The molecule has 0 saturated heterocycles. The van der Waals surface area contributed by atoms with Crippen LogP contribution in [0.15, 0.2) is 47.1 Å². The van der Waals surface area contributed by atoms with Crippen molar-refractivity contribution in [2.45, 2.75) is 26.3 Å². The number of hydrogen-bond donors (Lipinski definition) is 1. The monoisotopic (exact) mass is 440 g/mol. The number of nitriles is 1. The fourth-order valence-electron chi connectivity index (χ4n) is 2.67. The molecule has 0 radical (unpaired) electrons. The van der Waals surface area contributed by atoms with Crippen LogP contribution in [-0.4, -0.2) is 19.7 Å². The number of benzene rings is 1. The number of nitro groups is 1. The first-order valence-electron chi connectivity index (χ1n) is 8.38. The highest BCUT2D eigenvalue weighted by molar-refractivity contribution is 9.10. The van der Waals surface area contributed by atoms with Crippen LogP contribution in [0.3, 0.4) is 0 Å². The summed E-state index contributed by atoms with van der Waals surface area (Å²) in [4.78, 5) is 14.8. The topological polar surface area (TPSA) is 110 Å². The molecule has 0 amide bonds. The molecule has 0 bridgehead atoms. The summed E-state index contributed by atoms with van der Waals surface area (Å²) in [6, 6.07) is 13.6. The lowest BCUT2D eigenvalue weighted by Crippen LogP contribution is -2.24. The van der Waals surface area contributed by atoms with Crippen molar-refractivity contribution in [1.82, 2.24) is 14.8 Å². The third kappa shape index (κ3) is 3.87. The molecule has 0 aliphatic carbocycles. The molecule has 0 aliphatic heterocycles. The molecule has 3 rings (SSSR count). The molecule has 3 aromatic rings. The first-order chi connectivity index (χ1) is 13.2. The molecule has 2 aromatic heterocycles. The number of hydrogen-bond acceptors (Lipinski definition) is 6. The molecular weight excluding hydrogens is 424 g/mol. The number of anilines is 2. The Morgan fingerprint density at radius 1 is 1.21 bits per heavy atom. The highest BCUT2D eigenvalue weighted by Crippen LogP contribution is 2.34. The van der Waals surface area contributed by atoms with Gasteiger partial charge in [-0.15, -0.1) is 0 Å². The van der Waals surface area contributed by atoms with Crippen LogP contribution in [0.4, 0.5) is 17.3 Å². The zero-order chi connectivity index (χ0) is 20.5. The lowest BCUT2D eigenvalue weighted by Gasteiger charge is -2.22. The molecule has 0 saturated carbocycles. The van der Waals surface area contributed by atoms with Crippen molar-refractivity contribution in [3.63, 3.8) is 0 Å². The van der Waals surface area contributed by atoms with Crippen LogP contribution in [0.25, 0.3) is 11.3 Å². The van der Waals surface area contributed by atoms with Crippen molar-refractivity contribution in [3.05, 3.63) is 62.7 Å². The van der Waals surface area contributed by atoms with Gasteiger partial charge in [0.2, 0.25) is 0 Å². The van der Waals surface area contributed by atoms with Gasteiger partial charge in [-0.2, -0.15) is 10.4 Å². The van der Waals surface area contributed by atoms with Crippen molar-refractivity contribution < 1.29 is 4.92 Å². The van der Waals surface area contributed by atoms with E-state index in [0.717, 1.165) is 0 Å². The fraction of sp³-hybridized carbons (Fsp3) is 0.211. The van der Waals surface area contributed by atoms with Crippen molar-refractivity contribution in [2.24, 2.45) is 0 Å². The minimum absolute atomic E-state index is 0.0193. The summed E-state index contributed by atoms with van der Waals surface area (Å²) in [6.45, 7) is 5.92. The van der Waals surface area contributed by atoms with E-state index < -0.39 is 10.5 Å². The maximum Gasteiger partial charge on any atom is 0.269 e. The van der Waals surface area contributed by atoms with Gasteiger partial charge in [0.25, 0.3) is 5.69 Å². The van der Waals surface area contributed by atoms with Crippen LogP contribution in [0, 0.1) is 21.4 Å². The normalized spacial score (nSPS) is 11.1. The van der Waals surface area contributed by atoms with Gasteiger partial charge < -0.3 is 5.32 Å². The van der Waals surface area contributed by atoms with Crippen molar-refractivity contribution in [3.8, 4) is 17.3 Å². The second-order valence-corrected chi connectivity index (χ2v) is 7.85. The Morgan fingerprint density at radius 2 is 1.89 bits per heavy atom. The number of nitrogens with one attached hydrogen (secondary N) is 1. The molecule has 0 atom stereocenters. The van der Waals surface area contributed by atoms with E-state index in [1.54, 1.807) is 28.9 Å². The van der Waals surface area contributed by atoms with E-state index in [2.05, 4.69) is 37.4 Å². The van der Waals surface area contributed by atoms with E-state index in [0.29, 0.717) is 33.1 Å². The summed E-state index contributed by atoms with van der Waals surface area (Å²) in [5.74, 6) is 1.07. The van der Waals surface area contributed by atoms with E-state index in [4.69, 9.17) is 0 Å². The Morgan fingerprint density at radius 3 is 2.43 bits per heavy atom. The van der Waals surface area contributed by atoms with Gasteiger partial charge in [-0.3, -0.25) is 10.1 Å². The quantitative estimate of drug-likeness (QED) is 0.347. The average Bonchev–Trinajstić information content (AvgIpc) is 3.00. The third-order valence-electron chi connectivity index (χ3n) is 3.95. The molecule has 0 spiro atoms. The Bertz CT molecular complexity index is 1080. The van der Waals surface area contributed by atoms with E-state index >= 15 is 0 Å². The third-order valence-corrected chi connectivity index (χ3v) is 4.39. The SMILES string of the molecule is CC(C)(C)n1nc(-c2ccc([N+](=O)[O-])cc2)c(C#N)c1Nc1cccc(Br)n1. The van der Waals surface area contributed by atoms with Gasteiger partial charge in [0.15, 0.2) is 0 Å². The number of nitrogens with zero attached hydrogens (tertiary/aromatic N) is 5. The Labute approximate surface area is 170 Å². The van der Waals surface area contributed by atoms with E-state index in [-0.39, 0.29) is 5.69 Å². The Kier molecular flexibility index (Phi) is 5.16.